The van der Waals surface area contributed by atoms with Gasteiger partial charge in [0.15, 0.2) is 0 Å². The highest BCUT2D eigenvalue weighted by atomic mass is 79.9. The van der Waals surface area contributed by atoms with E-state index in [-0.39, 0.29) is 16.5 Å². The van der Waals surface area contributed by atoms with Gasteiger partial charge in [0.1, 0.15) is 11.6 Å². The molecule has 0 radical (unpaired) electrons. The molecule has 0 heterocycles. The van der Waals surface area contributed by atoms with E-state index in [4.69, 9.17) is 0 Å². The average Bonchev–Trinajstić information content (AvgIpc) is 2.31. The molecule has 0 fully saturated rings. The van der Waals surface area contributed by atoms with Gasteiger partial charge in [0.05, 0.1) is 9.30 Å². The standard InChI is InChI=1S/C15H12Br2F2/c1-8-5-11(18)6-9(2)14(8)15(17)10-3-4-12(16)13(19)7-10/h3-7,15H,1-2H3. The lowest BCUT2D eigenvalue weighted by Gasteiger charge is -2.17. The molecule has 0 saturated carbocycles. The van der Waals surface area contributed by atoms with Crippen LogP contribution < -0.4 is 0 Å². The Bertz CT molecular complexity index is 601. The van der Waals surface area contributed by atoms with E-state index in [0.29, 0.717) is 4.47 Å². The summed E-state index contributed by atoms with van der Waals surface area (Å²) in [6.45, 7) is 3.71. The average molecular weight is 390 g/mol. The zero-order chi connectivity index (χ0) is 14.2. The van der Waals surface area contributed by atoms with E-state index in [2.05, 4.69) is 31.9 Å². The topological polar surface area (TPSA) is 0 Å². The molecule has 0 aliphatic rings. The molecule has 2 rings (SSSR count). The van der Waals surface area contributed by atoms with Crippen LogP contribution in [0.3, 0.4) is 0 Å². The predicted molar refractivity (Wildman–Crippen MR) is 80.7 cm³/mol. The molecule has 0 spiro atoms. The normalized spacial score (nSPS) is 12.5. The second-order valence-electron chi connectivity index (χ2n) is 4.49. The fourth-order valence-corrected chi connectivity index (χ4v) is 3.41. The van der Waals surface area contributed by atoms with Crippen molar-refractivity contribution in [3.05, 3.63) is 68.7 Å². The van der Waals surface area contributed by atoms with Crippen molar-refractivity contribution in [2.75, 3.05) is 0 Å². The molecular formula is C15H12Br2F2. The van der Waals surface area contributed by atoms with Crippen LogP contribution in [0, 0.1) is 25.5 Å². The highest BCUT2D eigenvalue weighted by molar-refractivity contribution is 9.10. The minimum atomic E-state index is -0.306. The van der Waals surface area contributed by atoms with Gasteiger partial charge in [0, 0.05) is 0 Å². The van der Waals surface area contributed by atoms with Crippen LogP contribution in [0.1, 0.15) is 27.1 Å². The summed E-state index contributed by atoms with van der Waals surface area (Å²) in [5, 5.41) is 0. The molecule has 100 valence electrons. The molecule has 0 aliphatic heterocycles. The largest absolute Gasteiger partial charge is 0.207 e. The number of rotatable bonds is 2. The molecule has 19 heavy (non-hydrogen) atoms. The molecule has 1 atom stereocenters. The maximum atomic E-state index is 13.6. The molecule has 0 aliphatic carbocycles. The summed E-state index contributed by atoms with van der Waals surface area (Å²) in [5.41, 5.74) is 3.48. The van der Waals surface area contributed by atoms with E-state index in [1.54, 1.807) is 6.07 Å². The number of alkyl halides is 1. The lowest BCUT2D eigenvalue weighted by atomic mass is 9.96. The van der Waals surface area contributed by atoms with E-state index in [0.717, 1.165) is 22.3 Å². The molecule has 4 heteroatoms. The van der Waals surface area contributed by atoms with Crippen LogP contribution in [0.4, 0.5) is 8.78 Å². The van der Waals surface area contributed by atoms with Crippen LogP contribution in [0.5, 0.6) is 0 Å². The number of halogens is 4. The van der Waals surface area contributed by atoms with E-state index in [1.807, 2.05) is 19.9 Å². The Labute approximate surface area is 128 Å². The first-order valence-electron chi connectivity index (χ1n) is 5.76. The van der Waals surface area contributed by atoms with Gasteiger partial charge in [-0.05, 0) is 76.3 Å². The van der Waals surface area contributed by atoms with Gasteiger partial charge in [-0.25, -0.2) is 8.78 Å². The number of benzene rings is 2. The van der Waals surface area contributed by atoms with Crippen LogP contribution in [0.2, 0.25) is 0 Å². The molecule has 0 amide bonds. The van der Waals surface area contributed by atoms with E-state index in [1.165, 1.54) is 18.2 Å². The Morgan fingerprint density at radius 1 is 1.00 bits per heavy atom. The second-order valence-corrected chi connectivity index (χ2v) is 6.26. The molecule has 0 aromatic heterocycles. The highest BCUT2D eigenvalue weighted by Gasteiger charge is 2.17. The fraction of sp³-hybridized carbons (Fsp3) is 0.200. The van der Waals surface area contributed by atoms with E-state index < -0.39 is 0 Å². The van der Waals surface area contributed by atoms with Crippen molar-refractivity contribution in [3.8, 4) is 0 Å². The van der Waals surface area contributed by atoms with Crippen LogP contribution in [0.25, 0.3) is 0 Å². The summed E-state index contributed by atoms with van der Waals surface area (Å²) in [4.78, 5) is -0.157. The van der Waals surface area contributed by atoms with Gasteiger partial charge < -0.3 is 0 Å². The highest BCUT2D eigenvalue weighted by Crippen LogP contribution is 2.36. The zero-order valence-corrected chi connectivity index (χ0v) is 13.6. The maximum Gasteiger partial charge on any atom is 0.137 e. The van der Waals surface area contributed by atoms with Crippen LogP contribution in [0.15, 0.2) is 34.8 Å². The summed E-state index contributed by atoms with van der Waals surface area (Å²) in [7, 11) is 0. The van der Waals surface area contributed by atoms with Gasteiger partial charge in [-0.3, -0.25) is 0 Å². The summed E-state index contributed by atoms with van der Waals surface area (Å²) in [6.07, 6.45) is 0. The second kappa shape index (κ2) is 5.71. The Kier molecular flexibility index (Phi) is 4.41. The maximum absolute atomic E-state index is 13.6. The first-order chi connectivity index (χ1) is 8.90. The van der Waals surface area contributed by atoms with Gasteiger partial charge in [-0.15, -0.1) is 0 Å². The van der Waals surface area contributed by atoms with Gasteiger partial charge >= 0.3 is 0 Å². The molecular weight excluding hydrogens is 378 g/mol. The Balaban J connectivity index is 2.49. The summed E-state index contributed by atoms with van der Waals surface area (Å²) in [6, 6.07) is 7.98. The van der Waals surface area contributed by atoms with Crippen LogP contribution >= 0.6 is 31.9 Å². The minimum absolute atomic E-state index is 0.157. The summed E-state index contributed by atoms with van der Waals surface area (Å²) >= 11 is 6.71. The van der Waals surface area contributed by atoms with Crippen LogP contribution in [-0.4, -0.2) is 0 Å². The van der Waals surface area contributed by atoms with Gasteiger partial charge in [0.25, 0.3) is 0 Å². The Morgan fingerprint density at radius 3 is 2.11 bits per heavy atom. The zero-order valence-electron chi connectivity index (χ0n) is 10.5. The molecule has 0 nitrogen and oxygen atoms in total. The van der Waals surface area contributed by atoms with Crippen molar-refractivity contribution in [2.45, 2.75) is 18.7 Å². The predicted octanol–water partition coefficient (Wildman–Crippen LogP) is 5.83. The number of aryl methyl sites for hydroxylation is 2. The summed E-state index contributed by atoms with van der Waals surface area (Å²) < 4.78 is 27.3. The van der Waals surface area contributed by atoms with Crippen molar-refractivity contribution >= 4 is 31.9 Å². The molecule has 2 aromatic carbocycles. The van der Waals surface area contributed by atoms with Crippen molar-refractivity contribution in [3.63, 3.8) is 0 Å². The first-order valence-corrected chi connectivity index (χ1v) is 7.46. The fourth-order valence-electron chi connectivity index (χ4n) is 2.16. The molecule has 0 saturated heterocycles. The van der Waals surface area contributed by atoms with E-state index >= 15 is 0 Å². The van der Waals surface area contributed by atoms with Gasteiger partial charge in [0.2, 0.25) is 0 Å². The minimum Gasteiger partial charge on any atom is -0.207 e. The number of hydrogen-bond acceptors (Lipinski definition) is 0. The first kappa shape index (κ1) is 14.7. The molecule has 0 N–H and O–H groups in total. The monoisotopic (exact) mass is 388 g/mol. The summed E-state index contributed by atoms with van der Waals surface area (Å²) in [5.74, 6) is -0.556. The Morgan fingerprint density at radius 2 is 1.58 bits per heavy atom. The molecule has 1 unspecified atom stereocenters. The number of hydrogen-bond donors (Lipinski definition) is 0. The van der Waals surface area contributed by atoms with Crippen molar-refractivity contribution < 1.29 is 8.78 Å². The smallest absolute Gasteiger partial charge is 0.137 e. The van der Waals surface area contributed by atoms with Crippen LogP contribution in [-0.2, 0) is 0 Å². The molecule has 0 bridgehead atoms. The third-order valence-electron chi connectivity index (χ3n) is 3.05. The quantitative estimate of drug-likeness (QED) is 0.567. The Hall–Kier alpha value is -0.740. The third-order valence-corrected chi connectivity index (χ3v) is 4.68. The lowest BCUT2D eigenvalue weighted by molar-refractivity contribution is 0.618. The van der Waals surface area contributed by atoms with E-state index in [9.17, 15) is 8.78 Å². The third kappa shape index (κ3) is 3.06. The van der Waals surface area contributed by atoms with Crippen molar-refractivity contribution in [1.29, 1.82) is 0 Å². The lowest BCUT2D eigenvalue weighted by Crippen LogP contribution is -2.01. The van der Waals surface area contributed by atoms with Gasteiger partial charge in [-0.2, -0.15) is 0 Å². The van der Waals surface area contributed by atoms with Crippen molar-refractivity contribution in [2.24, 2.45) is 0 Å². The molecule has 2 aromatic rings. The van der Waals surface area contributed by atoms with Gasteiger partial charge in [-0.1, -0.05) is 22.0 Å². The SMILES string of the molecule is Cc1cc(F)cc(C)c1C(Br)c1ccc(Br)c(F)c1. The van der Waals surface area contributed by atoms with Crippen molar-refractivity contribution in [1.82, 2.24) is 0 Å².